The molecule has 350 valence electrons. The van der Waals surface area contributed by atoms with E-state index in [4.69, 9.17) is 33.2 Å². The van der Waals surface area contributed by atoms with Crippen LogP contribution in [0.4, 0.5) is 0 Å². The number of rotatable bonds is 11. The van der Waals surface area contributed by atoms with Gasteiger partial charge in [0.25, 0.3) is 0 Å². The lowest BCUT2D eigenvalue weighted by Gasteiger charge is -2.58. The Balaban J connectivity index is 0.978. The largest absolute Gasteiger partial charge is 0.396 e. The lowest BCUT2D eigenvalue weighted by molar-refractivity contribution is -0.400. The van der Waals surface area contributed by atoms with Gasteiger partial charge in [0.05, 0.1) is 31.0 Å². The number of allylic oxidation sites excluding steroid dienone is 1. The van der Waals surface area contributed by atoms with E-state index in [2.05, 4.69) is 33.8 Å². The predicted molar refractivity (Wildman–Crippen MR) is 212 cm³/mol. The standard InChI is InChI=1S/C44H72O17/c1-18(16-45)6-9-26-19(2)29-27(57-26)15-25-23-8-7-21-14-22(10-12-43(21,4)24(23)11-13-44(25,29)5)56-42-38(60-41-35(52)32(49)33(50)39(54)61-41)36(53)37(28(17-46)58-42)59-40-34(51)31(48)30(47)20(3)55-40/h7,18-20,22-42,45-54H,6,8-17H2,1-5H3/t18-,19-,20?,22?,23-,24+,25+,26-,27?,28?,29?,30+,31?,32?,33-,34?,35?,36?,37-,38?,39?,40+,41-,42-,43+,44+/m1/s1. The van der Waals surface area contributed by atoms with Gasteiger partial charge >= 0.3 is 0 Å². The Hall–Kier alpha value is -0.940. The third-order valence-electron chi connectivity index (χ3n) is 17.0. The quantitative estimate of drug-likeness (QED) is 0.121. The molecule has 8 aliphatic rings. The summed E-state index contributed by atoms with van der Waals surface area (Å²) in [5.74, 6) is 2.90. The van der Waals surface area contributed by atoms with Crippen molar-refractivity contribution in [2.24, 2.45) is 46.3 Å². The Kier molecular flexibility index (Phi) is 13.8. The zero-order valence-corrected chi connectivity index (χ0v) is 36.0. The van der Waals surface area contributed by atoms with Gasteiger partial charge in [0, 0.05) is 6.61 Å². The lowest BCUT2D eigenvalue weighted by atomic mass is 9.47. The summed E-state index contributed by atoms with van der Waals surface area (Å²) in [6, 6.07) is 0. The Bertz CT molecular complexity index is 1540. The number of hydrogen-bond acceptors (Lipinski definition) is 17. The number of ether oxygens (including phenoxy) is 7. The number of aliphatic hydroxyl groups excluding tert-OH is 10. The van der Waals surface area contributed by atoms with E-state index in [9.17, 15) is 51.1 Å². The van der Waals surface area contributed by atoms with Crippen LogP contribution in [0.15, 0.2) is 11.6 Å². The van der Waals surface area contributed by atoms with E-state index in [0.717, 1.165) is 44.9 Å². The second kappa shape index (κ2) is 18.0. The summed E-state index contributed by atoms with van der Waals surface area (Å²) in [6.07, 6.45) is -13.2. The van der Waals surface area contributed by atoms with Crippen molar-refractivity contribution in [3.8, 4) is 0 Å². The van der Waals surface area contributed by atoms with Crippen LogP contribution in [0.5, 0.6) is 0 Å². The Morgan fingerprint density at radius 2 is 1.41 bits per heavy atom. The molecule has 0 aromatic carbocycles. The lowest BCUT2D eigenvalue weighted by Crippen LogP contribution is -2.66. The second-order valence-electron chi connectivity index (χ2n) is 20.5. The van der Waals surface area contributed by atoms with Crippen molar-refractivity contribution in [3.63, 3.8) is 0 Å². The molecular weight excluding hydrogens is 800 g/mol. The van der Waals surface area contributed by atoms with Crippen molar-refractivity contribution in [1.29, 1.82) is 0 Å². The van der Waals surface area contributed by atoms with Gasteiger partial charge in [-0.1, -0.05) is 39.3 Å². The normalized spacial score (nSPS) is 55.2. The monoisotopic (exact) mass is 872 g/mol. The second-order valence-corrected chi connectivity index (χ2v) is 20.5. The molecule has 12 unspecified atom stereocenters. The minimum Gasteiger partial charge on any atom is -0.396 e. The molecule has 0 bridgehead atoms. The topological polar surface area (TPSA) is 267 Å². The van der Waals surface area contributed by atoms with Gasteiger partial charge in [0.1, 0.15) is 61.0 Å². The van der Waals surface area contributed by atoms with Gasteiger partial charge in [-0.25, -0.2) is 0 Å². The fraction of sp³-hybridized carbons (Fsp3) is 0.955. The van der Waals surface area contributed by atoms with Gasteiger partial charge in [-0.3, -0.25) is 0 Å². The van der Waals surface area contributed by atoms with Crippen molar-refractivity contribution in [2.75, 3.05) is 13.2 Å². The van der Waals surface area contributed by atoms with Gasteiger partial charge in [-0.2, -0.15) is 0 Å². The first-order valence-corrected chi connectivity index (χ1v) is 22.9. The van der Waals surface area contributed by atoms with E-state index in [1.54, 1.807) is 0 Å². The molecule has 0 amide bonds. The zero-order chi connectivity index (χ0) is 43.9. The van der Waals surface area contributed by atoms with Crippen LogP contribution in [0.2, 0.25) is 0 Å². The molecule has 3 saturated carbocycles. The van der Waals surface area contributed by atoms with Crippen LogP contribution in [-0.4, -0.2) is 175 Å². The number of aliphatic hydroxyl groups is 10. The molecular formula is C44H72O17. The summed E-state index contributed by atoms with van der Waals surface area (Å²) >= 11 is 0. The molecule has 17 nitrogen and oxygen atoms in total. The molecule has 0 aromatic rings. The van der Waals surface area contributed by atoms with Crippen LogP contribution in [0.1, 0.15) is 92.4 Å². The van der Waals surface area contributed by atoms with Crippen molar-refractivity contribution in [2.45, 2.75) is 203 Å². The summed E-state index contributed by atoms with van der Waals surface area (Å²) in [5, 5.41) is 105. The van der Waals surface area contributed by atoms with Crippen LogP contribution in [0, 0.1) is 46.3 Å². The molecule has 0 radical (unpaired) electrons. The molecule has 4 heterocycles. The molecule has 26 atom stereocenters. The van der Waals surface area contributed by atoms with Crippen LogP contribution in [-0.2, 0) is 33.2 Å². The zero-order valence-electron chi connectivity index (χ0n) is 36.0. The van der Waals surface area contributed by atoms with Gasteiger partial charge in [0.15, 0.2) is 25.2 Å². The fourth-order valence-electron chi connectivity index (χ4n) is 13.3. The molecule has 0 aromatic heterocycles. The predicted octanol–water partition coefficient (Wildman–Crippen LogP) is -0.194. The maximum atomic E-state index is 11.9. The Morgan fingerprint density at radius 1 is 0.721 bits per heavy atom. The van der Waals surface area contributed by atoms with Gasteiger partial charge in [-0.05, 0) is 111 Å². The third-order valence-corrected chi connectivity index (χ3v) is 17.0. The molecule has 7 fully saturated rings. The highest BCUT2D eigenvalue weighted by atomic mass is 16.8. The first-order chi connectivity index (χ1) is 28.9. The highest BCUT2D eigenvalue weighted by molar-refractivity contribution is 5.26. The first-order valence-electron chi connectivity index (χ1n) is 22.9. The van der Waals surface area contributed by atoms with Crippen LogP contribution < -0.4 is 0 Å². The fourth-order valence-corrected chi connectivity index (χ4v) is 13.3. The van der Waals surface area contributed by atoms with E-state index >= 15 is 0 Å². The maximum Gasteiger partial charge on any atom is 0.189 e. The van der Waals surface area contributed by atoms with E-state index in [1.807, 2.05) is 0 Å². The maximum absolute atomic E-state index is 11.9. The van der Waals surface area contributed by atoms with E-state index in [-0.39, 0.29) is 35.6 Å². The summed E-state index contributed by atoms with van der Waals surface area (Å²) in [6.45, 7) is 10.4. The van der Waals surface area contributed by atoms with Crippen LogP contribution >= 0.6 is 0 Å². The number of hydrogen-bond donors (Lipinski definition) is 10. The summed E-state index contributed by atoms with van der Waals surface area (Å²) in [5.41, 5.74) is 1.48. The van der Waals surface area contributed by atoms with Gasteiger partial charge < -0.3 is 84.2 Å². The average molecular weight is 873 g/mol. The van der Waals surface area contributed by atoms with Crippen molar-refractivity contribution < 1.29 is 84.2 Å². The third kappa shape index (κ3) is 8.21. The SMILES string of the molecule is CC1O[C@@H](O[C@@H]2C(CO)O[C@@H](OC3CC[C@@]4(C)C(=CC[C@@H]5[C@@H]4CC[C@]4(C)C6C(C[C@@H]54)O[C@H](CC[C@@H](C)CO)[C@H]6C)C3)C(O[C@@H]3OC(O)[C@H](O)C(O)C3O)C2O)C(O)C(O)[C@H]1O. The Labute approximate surface area is 357 Å². The molecule has 0 spiro atoms. The average Bonchev–Trinajstić information content (AvgIpc) is 3.73. The summed E-state index contributed by atoms with van der Waals surface area (Å²) < 4.78 is 42.6. The first kappa shape index (κ1) is 46.6. The van der Waals surface area contributed by atoms with Crippen LogP contribution in [0.25, 0.3) is 0 Å². The minimum atomic E-state index is -1.94. The van der Waals surface area contributed by atoms with E-state index in [1.165, 1.54) is 12.5 Å². The highest BCUT2D eigenvalue weighted by Gasteiger charge is 2.65. The van der Waals surface area contributed by atoms with Crippen molar-refractivity contribution in [3.05, 3.63) is 11.6 Å². The molecule has 10 N–H and O–H groups in total. The minimum absolute atomic E-state index is 0.0457. The summed E-state index contributed by atoms with van der Waals surface area (Å²) in [4.78, 5) is 0. The molecule has 8 rings (SSSR count). The summed E-state index contributed by atoms with van der Waals surface area (Å²) in [7, 11) is 0. The molecule has 17 heteroatoms. The van der Waals surface area contributed by atoms with Crippen LogP contribution in [0.3, 0.4) is 0 Å². The van der Waals surface area contributed by atoms with Crippen molar-refractivity contribution in [1.82, 2.24) is 0 Å². The smallest absolute Gasteiger partial charge is 0.189 e. The van der Waals surface area contributed by atoms with Gasteiger partial charge in [-0.15, -0.1) is 0 Å². The molecule has 4 aliphatic heterocycles. The highest BCUT2D eigenvalue weighted by Crippen LogP contribution is 2.69. The molecule has 61 heavy (non-hydrogen) atoms. The van der Waals surface area contributed by atoms with E-state index in [0.29, 0.717) is 42.4 Å². The van der Waals surface area contributed by atoms with Gasteiger partial charge in [0.2, 0.25) is 0 Å². The number of fused-ring (bicyclic) bond motifs is 7. The van der Waals surface area contributed by atoms with Crippen molar-refractivity contribution >= 4 is 0 Å². The van der Waals surface area contributed by atoms with E-state index < -0.39 is 105 Å². The molecule has 4 saturated heterocycles. The Morgan fingerprint density at radius 3 is 2.11 bits per heavy atom. The molecule has 4 aliphatic carbocycles.